The van der Waals surface area contributed by atoms with Crippen LogP contribution in [0.1, 0.15) is 34.4 Å². The van der Waals surface area contributed by atoms with Crippen LogP contribution < -0.4 is 5.32 Å². The summed E-state index contributed by atoms with van der Waals surface area (Å²) in [6.07, 6.45) is -0.834. The number of thiophene rings is 1. The van der Waals surface area contributed by atoms with E-state index in [1.54, 1.807) is 0 Å². The van der Waals surface area contributed by atoms with Gasteiger partial charge in [0.2, 0.25) is 0 Å². The van der Waals surface area contributed by atoms with E-state index < -0.39 is 18.1 Å². The molecular weight excluding hydrogens is 454 g/mol. The highest BCUT2D eigenvalue weighted by atomic mass is 79.9. The topological polar surface area (TPSA) is 75.6 Å². The van der Waals surface area contributed by atoms with Gasteiger partial charge in [-0.15, -0.1) is 11.3 Å². The molecule has 0 saturated carbocycles. The molecule has 1 atom stereocenters. The molecule has 2 aromatic carbocycles. The fourth-order valence-electron chi connectivity index (χ4n) is 3.69. The summed E-state index contributed by atoms with van der Waals surface area (Å²) in [4.78, 5) is 24.4. The number of halogens is 1. The van der Waals surface area contributed by atoms with Crippen molar-refractivity contribution >= 4 is 39.3 Å². The van der Waals surface area contributed by atoms with Gasteiger partial charge in [-0.05, 0) is 44.3 Å². The number of benzene rings is 2. The number of carbonyl (C=O) groups excluding carboxylic acids is 1. The lowest BCUT2D eigenvalue weighted by Gasteiger charge is -2.18. The molecule has 0 spiro atoms. The van der Waals surface area contributed by atoms with Crippen LogP contribution in [0.2, 0.25) is 0 Å². The third kappa shape index (κ3) is 4.21. The standard InChI is InChI=1S/C22H18BrNO4S/c23-13-9-20(29-12-13)19(10-21(25)26)24-22(27)28-11-18-16-7-3-1-5-14(16)15-6-2-4-8-17(15)18/h1-9,12,18-19H,10-11H2,(H,24,27)(H,25,26)/t19-/m0/s1. The lowest BCUT2D eigenvalue weighted by Crippen LogP contribution is -2.31. The van der Waals surface area contributed by atoms with Crippen LogP contribution in [-0.4, -0.2) is 23.8 Å². The van der Waals surface area contributed by atoms with Gasteiger partial charge in [-0.25, -0.2) is 4.79 Å². The van der Waals surface area contributed by atoms with Crippen molar-refractivity contribution in [1.29, 1.82) is 0 Å². The molecule has 0 bridgehead atoms. The van der Waals surface area contributed by atoms with Gasteiger partial charge in [-0.1, -0.05) is 48.5 Å². The first-order chi connectivity index (χ1) is 14.0. The minimum Gasteiger partial charge on any atom is -0.481 e. The van der Waals surface area contributed by atoms with Crippen molar-refractivity contribution in [3.63, 3.8) is 0 Å². The second kappa shape index (κ2) is 8.39. The van der Waals surface area contributed by atoms with Crippen LogP contribution in [-0.2, 0) is 9.53 Å². The third-order valence-electron chi connectivity index (χ3n) is 4.95. The molecule has 1 amide bonds. The number of rotatable bonds is 6. The number of ether oxygens (including phenoxy) is 1. The van der Waals surface area contributed by atoms with Crippen LogP contribution in [0, 0.1) is 0 Å². The molecule has 0 unspecified atom stereocenters. The zero-order valence-electron chi connectivity index (χ0n) is 15.3. The Morgan fingerprint density at radius 3 is 2.28 bits per heavy atom. The first kappa shape index (κ1) is 19.7. The Morgan fingerprint density at radius 2 is 1.72 bits per heavy atom. The first-order valence-corrected chi connectivity index (χ1v) is 10.8. The zero-order chi connectivity index (χ0) is 20.4. The molecule has 4 rings (SSSR count). The molecule has 7 heteroatoms. The number of amides is 1. The molecule has 1 aromatic heterocycles. The Bertz CT molecular complexity index is 1020. The van der Waals surface area contributed by atoms with E-state index in [1.807, 2.05) is 35.7 Å². The maximum atomic E-state index is 12.5. The Balaban J connectivity index is 1.47. The lowest BCUT2D eigenvalue weighted by atomic mass is 9.98. The van der Waals surface area contributed by atoms with Gasteiger partial charge in [0.25, 0.3) is 0 Å². The van der Waals surface area contributed by atoms with Crippen LogP contribution in [0.15, 0.2) is 64.5 Å². The summed E-state index contributed by atoms with van der Waals surface area (Å²) >= 11 is 4.74. The van der Waals surface area contributed by atoms with Crippen molar-refractivity contribution in [2.45, 2.75) is 18.4 Å². The quantitative estimate of drug-likeness (QED) is 0.492. The highest BCUT2D eigenvalue weighted by Crippen LogP contribution is 2.44. The van der Waals surface area contributed by atoms with Crippen molar-refractivity contribution < 1.29 is 19.4 Å². The fraction of sp³-hybridized carbons (Fsp3) is 0.182. The van der Waals surface area contributed by atoms with Crippen molar-refractivity contribution in [2.24, 2.45) is 0 Å². The molecule has 29 heavy (non-hydrogen) atoms. The number of alkyl carbamates (subject to hydrolysis) is 1. The minimum atomic E-state index is -0.988. The second-order valence-corrected chi connectivity index (χ2v) is 8.65. The predicted molar refractivity (Wildman–Crippen MR) is 115 cm³/mol. The van der Waals surface area contributed by atoms with E-state index >= 15 is 0 Å². The summed E-state index contributed by atoms with van der Waals surface area (Å²) in [6.45, 7) is 0.188. The summed E-state index contributed by atoms with van der Waals surface area (Å²) in [5.74, 6) is -1.03. The number of carboxylic acids is 1. The Labute approximate surface area is 180 Å². The van der Waals surface area contributed by atoms with E-state index in [4.69, 9.17) is 4.74 Å². The third-order valence-corrected chi connectivity index (χ3v) is 6.75. The molecule has 2 N–H and O–H groups in total. The average Bonchev–Trinajstić information content (AvgIpc) is 3.27. The Hall–Kier alpha value is -2.64. The van der Waals surface area contributed by atoms with Crippen LogP contribution in [0.4, 0.5) is 4.79 Å². The molecule has 1 heterocycles. The second-order valence-electron chi connectivity index (χ2n) is 6.79. The van der Waals surface area contributed by atoms with Gasteiger partial charge in [0.05, 0.1) is 12.5 Å². The monoisotopic (exact) mass is 471 g/mol. The van der Waals surface area contributed by atoms with Crippen LogP contribution in [0.5, 0.6) is 0 Å². The van der Waals surface area contributed by atoms with Crippen molar-refractivity contribution in [3.05, 3.63) is 80.5 Å². The molecule has 5 nitrogen and oxygen atoms in total. The largest absolute Gasteiger partial charge is 0.481 e. The summed E-state index contributed by atoms with van der Waals surface area (Å²) in [5, 5.41) is 13.7. The lowest BCUT2D eigenvalue weighted by molar-refractivity contribution is -0.137. The zero-order valence-corrected chi connectivity index (χ0v) is 17.7. The number of nitrogens with one attached hydrogen (secondary N) is 1. The maximum Gasteiger partial charge on any atom is 0.407 e. The predicted octanol–water partition coefficient (Wildman–Crippen LogP) is 5.57. The number of hydrogen-bond acceptors (Lipinski definition) is 4. The normalized spacial score (nSPS) is 13.4. The van der Waals surface area contributed by atoms with Gasteiger partial charge in [-0.2, -0.15) is 0 Å². The fourth-order valence-corrected chi connectivity index (χ4v) is 5.19. The van der Waals surface area contributed by atoms with E-state index in [1.165, 1.54) is 11.3 Å². The van der Waals surface area contributed by atoms with Gasteiger partial charge in [0.15, 0.2) is 0 Å². The van der Waals surface area contributed by atoms with Crippen LogP contribution in [0.25, 0.3) is 11.1 Å². The molecule has 0 fully saturated rings. The molecule has 3 aromatic rings. The van der Waals surface area contributed by atoms with Gasteiger partial charge >= 0.3 is 12.1 Å². The Morgan fingerprint density at radius 1 is 1.10 bits per heavy atom. The van der Waals surface area contributed by atoms with Gasteiger partial charge < -0.3 is 15.2 Å². The summed E-state index contributed by atoms with van der Waals surface area (Å²) < 4.78 is 6.38. The van der Waals surface area contributed by atoms with E-state index in [9.17, 15) is 14.7 Å². The SMILES string of the molecule is O=C(O)C[C@H](NC(=O)OCC1c2ccccc2-c2ccccc21)c1cc(Br)cs1. The maximum absolute atomic E-state index is 12.5. The highest BCUT2D eigenvalue weighted by molar-refractivity contribution is 9.10. The summed E-state index contributed by atoms with van der Waals surface area (Å²) in [6, 6.07) is 17.4. The van der Waals surface area contributed by atoms with Gasteiger partial charge in [-0.3, -0.25) is 4.79 Å². The summed E-state index contributed by atoms with van der Waals surface area (Å²) in [7, 11) is 0. The minimum absolute atomic E-state index is 0.0399. The Kier molecular flexibility index (Phi) is 5.69. The van der Waals surface area contributed by atoms with Crippen molar-refractivity contribution in [3.8, 4) is 11.1 Å². The molecule has 0 radical (unpaired) electrons. The average molecular weight is 472 g/mol. The molecule has 0 aliphatic heterocycles. The number of aliphatic carboxylic acids is 1. The molecule has 1 aliphatic rings. The number of fused-ring (bicyclic) bond motifs is 3. The van der Waals surface area contributed by atoms with E-state index in [-0.39, 0.29) is 18.9 Å². The molecule has 0 saturated heterocycles. The van der Waals surface area contributed by atoms with Crippen LogP contribution >= 0.6 is 27.3 Å². The molecule has 148 valence electrons. The van der Waals surface area contributed by atoms with Gasteiger partial charge in [0.1, 0.15) is 6.61 Å². The van der Waals surface area contributed by atoms with E-state index in [2.05, 4.69) is 45.5 Å². The van der Waals surface area contributed by atoms with Crippen molar-refractivity contribution in [1.82, 2.24) is 5.32 Å². The number of carbonyl (C=O) groups is 2. The smallest absolute Gasteiger partial charge is 0.407 e. The van der Waals surface area contributed by atoms with E-state index in [0.717, 1.165) is 31.6 Å². The van der Waals surface area contributed by atoms with Gasteiger partial charge in [0, 0.05) is 20.6 Å². The van der Waals surface area contributed by atoms with Crippen LogP contribution in [0.3, 0.4) is 0 Å². The van der Waals surface area contributed by atoms with Crippen molar-refractivity contribution in [2.75, 3.05) is 6.61 Å². The van der Waals surface area contributed by atoms with E-state index in [0.29, 0.717) is 0 Å². The molecular formula is C22H18BrNO4S. The molecule has 1 aliphatic carbocycles. The number of carboxylic acid groups (broad SMARTS) is 1. The first-order valence-electron chi connectivity index (χ1n) is 9.10. The number of hydrogen-bond donors (Lipinski definition) is 2. The highest BCUT2D eigenvalue weighted by Gasteiger charge is 2.29. The summed E-state index contributed by atoms with van der Waals surface area (Å²) in [5.41, 5.74) is 4.57.